The molecule has 1 aliphatic heterocycles. The molecule has 1 saturated heterocycles. The molecule has 2 heterocycles. The van der Waals surface area contributed by atoms with Crippen molar-refractivity contribution in [3.63, 3.8) is 0 Å². The summed E-state index contributed by atoms with van der Waals surface area (Å²) < 4.78 is 0. The molecule has 94 valence electrons. The summed E-state index contributed by atoms with van der Waals surface area (Å²) >= 11 is 0. The number of phenolic OH excluding ortho intramolecular Hbond substituents is 1. The summed E-state index contributed by atoms with van der Waals surface area (Å²) in [7, 11) is 0. The molecule has 3 heteroatoms. The first-order valence-corrected chi connectivity index (χ1v) is 6.63. The van der Waals surface area contributed by atoms with Crippen molar-refractivity contribution >= 4 is 10.9 Å². The van der Waals surface area contributed by atoms with E-state index in [0.29, 0.717) is 5.52 Å². The fourth-order valence-electron chi connectivity index (χ4n) is 2.61. The lowest BCUT2D eigenvalue weighted by Crippen LogP contribution is -2.29. The molecule has 0 atom stereocenters. The monoisotopic (exact) mass is 242 g/mol. The molecular formula is C15H18N2O. The van der Waals surface area contributed by atoms with Crippen molar-refractivity contribution in [1.82, 2.24) is 9.88 Å². The van der Waals surface area contributed by atoms with Crippen molar-refractivity contribution in [3.05, 3.63) is 36.0 Å². The Morgan fingerprint density at radius 2 is 1.89 bits per heavy atom. The van der Waals surface area contributed by atoms with E-state index in [4.69, 9.17) is 0 Å². The second kappa shape index (κ2) is 4.94. The quantitative estimate of drug-likeness (QED) is 0.879. The van der Waals surface area contributed by atoms with E-state index in [9.17, 15) is 5.11 Å². The van der Waals surface area contributed by atoms with Gasteiger partial charge in [0.1, 0.15) is 11.3 Å². The minimum absolute atomic E-state index is 0.271. The molecule has 1 aliphatic rings. The second-order valence-corrected chi connectivity index (χ2v) is 4.99. The van der Waals surface area contributed by atoms with Crippen LogP contribution in [0.5, 0.6) is 5.75 Å². The van der Waals surface area contributed by atoms with Crippen LogP contribution in [-0.4, -0.2) is 28.1 Å². The van der Waals surface area contributed by atoms with Crippen LogP contribution in [0.25, 0.3) is 10.9 Å². The fourth-order valence-corrected chi connectivity index (χ4v) is 2.61. The molecule has 1 aromatic carbocycles. The molecule has 3 rings (SSSR count). The third-order valence-electron chi connectivity index (χ3n) is 3.59. The number of piperidine rings is 1. The summed E-state index contributed by atoms with van der Waals surface area (Å²) in [4.78, 5) is 7.02. The van der Waals surface area contributed by atoms with Crippen LogP contribution in [0, 0.1) is 0 Å². The van der Waals surface area contributed by atoms with Gasteiger partial charge in [-0.2, -0.15) is 0 Å². The molecule has 0 radical (unpaired) electrons. The SMILES string of the molecule is Oc1cccc2ccc(CN3CCCCC3)nc12. The van der Waals surface area contributed by atoms with Gasteiger partial charge >= 0.3 is 0 Å². The number of phenols is 1. The molecule has 1 fully saturated rings. The molecule has 18 heavy (non-hydrogen) atoms. The number of likely N-dealkylation sites (tertiary alicyclic amines) is 1. The predicted molar refractivity (Wildman–Crippen MR) is 72.5 cm³/mol. The van der Waals surface area contributed by atoms with Crippen molar-refractivity contribution < 1.29 is 5.11 Å². The van der Waals surface area contributed by atoms with Gasteiger partial charge in [0.25, 0.3) is 0 Å². The smallest absolute Gasteiger partial charge is 0.141 e. The molecule has 3 nitrogen and oxygen atoms in total. The number of para-hydroxylation sites is 1. The Kier molecular flexibility index (Phi) is 3.15. The number of benzene rings is 1. The molecular weight excluding hydrogens is 224 g/mol. The van der Waals surface area contributed by atoms with E-state index in [1.807, 2.05) is 18.2 Å². The van der Waals surface area contributed by atoms with Crippen LogP contribution in [0.3, 0.4) is 0 Å². The minimum atomic E-state index is 0.271. The van der Waals surface area contributed by atoms with Crippen molar-refractivity contribution in [2.75, 3.05) is 13.1 Å². The van der Waals surface area contributed by atoms with E-state index in [1.165, 1.54) is 32.4 Å². The molecule has 0 amide bonds. The Bertz CT molecular complexity index is 547. The Morgan fingerprint density at radius 3 is 2.72 bits per heavy atom. The Balaban J connectivity index is 1.86. The number of rotatable bonds is 2. The second-order valence-electron chi connectivity index (χ2n) is 4.99. The highest BCUT2D eigenvalue weighted by molar-refractivity contribution is 5.84. The first-order valence-electron chi connectivity index (χ1n) is 6.63. The molecule has 0 spiro atoms. The number of nitrogens with zero attached hydrogens (tertiary/aromatic N) is 2. The molecule has 0 aliphatic carbocycles. The number of aromatic hydroxyl groups is 1. The summed E-state index contributed by atoms with van der Waals surface area (Å²) in [5.74, 6) is 0.271. The topological polar surface area (TPSA) is 36.4 Å². The van der Waals surface area contributed by atoms with E-state index in [2.05, 4.69) is 16.0 Å². The summed E-state index contributed by atoms with van der Waals surface area (Å²) in [6.07, 6.45) is 3.93. The first-order chi connectivity index (χ1) is 8.83. The zero-order valence-electron chi connectivity index (χ0n) is 10.5. The molecule has 0 bridgehead atoms. The molecule has 2 aromatic rings. The average molecular weight is 242 g/mol. The Labute approximate surface area is 107 Å². The van der Waals surface area contributed by atoms with Gasteiger partial charge < -0.3 is 5.11 Å². The Morgan fingerprint density at radius 1 is 1.06 bits per heavy atom. The number of hydrogen-bond acceptors (Lipinski definition) is 3. The van der Waals surface area contributed by atoms with Gasteiger partial charge in [0, 0.05) is 11.9 Å². The van der Waals surface area contributed by atoms with Crippen LogP contribution in [0.1, 0.15) is 25.0 Å². The lowest BCUT2D eigenvalue weighted by molar-refractivity contribution is 0.218. The number of fused-ring (bicyclic) bond motifs is 1. The lowest BCUT2D eigenvalue weighted by atomic mass is 10.1. The van der Waals surface area contributed by atoms with Gasteiger partial charge in [0.05, 0.1) is 5.69 Å². The maximum Gasteiger partial charge on any atom is 0.141 e. The standard InChI is InChI=1S/C15H18N2O/c18-14-6-4-5-12-7-8-13(16-15(12)14)11-17-9-2-1-3-10-17/h4-8,18H,1-3,9-11H2. The van der Waals surface area contributed by atoms with E-state index < -0.39 is 0 Å². The van der Waals surface area contributed by atoms with Crippen LogP contribution < -0.4 is 0 Å². The van der Waals surface area contributed by atoms with Crippen LogP contribution in [0.15, 0.2) is 30.3 Å². The molecule has 1 aromatic heterocycles. The number of hydrogen-bond donors (Lipinski definition) is 1. The maximum atomic E-state index is 9.83. The van der Waals surface area contributed by atoms with Gasteiger partial charge in [-0.05, 0) is 38.1 Å². The Hall–Kier alpha value is -1.61. The van der Waals surface area contributed by atoms with Crippen LogP contribution >= 0.6 is 0 Å². The molecule has 1 N–H and O–H groups in total. The maximum absolute atomic E-state index is 9.83. The fraction of sp³-hybridized carbons (Fsp3) is 0.400. The number of aromatic nitrogens is 1. The number of pyridine rings is 1. The third-order valence-corrected chi connectivity index (χ3v) is 3.59. The van der Waals surface area contributed by atoms with Gasteiger partial charge in [-0.25, -0.2) is 4.98 Å². The van der Waals surface area contributed by atoms with Crippen molar-refractivity contribution in [1.29, 1.82) is 0 Å². The van der Waals surface area contributed by atoms with Crippen LogP contribution in [-0.2, 0) is 6.54 Å². The largest absolute Gasteiger partial charge is 0.506 e. The third kappa shape index (κ3) is 2.31. The highest BCUT2D eigenvalue weighted by atomic mass is 16.3. The van der Waals surface area contributed by atoms with E-state index in [0.717, 1.165) is 17.6 Å². The van der Waals surface area contributed by atoms with Gasteiger partial charge in [0.15, 0.2) is 0 Å². The summed E-state index contributed by atoms with van der Waals surface area (Å²) in [6.45, 7) is 3.23. The lowest BCUT2D eigenvalue weighted by Gasteiger charge is -2.26. The van der Waals surface area contributed by atoms with Crippen molar-refractivity contribution in [2.24, 2.45) is 0 Å². The van der Waals surface area contributed by atoms with Gasteiger partial charge in [-0.1, -0.05) is 24.6 Å². The molecule has 0 unspecified atom stereocenters. The van der Waals surface area contributed by atoms with E-state index >= 15 is 0 Å². The summed E-state index contributed by atoms with van der Waals surface area (Å²) in [6, 6.07) is 9.63. The van der Waals surface area contributed by atoms with Gasteiger partial charge in [-0.3, -0.25) is 4.90 Å². The van der Waals surface area contributed by atoms with Gasteiger partial charge in [0.2, 0.25) is 0 Å². The first kappa shape index (κ1) is 11.5. The summed E-state index contributed by atoms with van der Waals surface area (Å²) in [5.41, 5.74) is 1.76. The zero-order valence-corrected chi connectivity index (χ0v) is 10.5. The van der Waals surface area contributed by atoms with Gasteiger partial charge in [-0.15, -0.1) is 0 Å². The highest BCUT2D eigenvalue weighted by Crippen LogP contribution is 2.23. The highest BCUT2D eigenvalue weighted by Gasteiger charge is 2.11. The zero-order chi connectivity index (χ0) is 12.4. The summed E-state index contributed by atoms with van der Waals surface area (Å²) in [5, 5.41) is 10.8. The molecule has 0 saturated carbocycles. The predicted octanol–water partition coefficient (Wildman–Crippen LogP) is 2.93. The van der Waals surface area contributed by atoms with E-state index in [-0.39, 0.29) is 5.75 Å². The van der Waals surface area contributed by atoms with Crippen molar-refractivity contribution in [3.8, 4) is 5.75 Å². The minimum Gasteiger partial charge on any atom is -0.506 e. The average Bonchev–Trinajstić information content (AvgIpc) is 2.41. The van der Waals surface area contributed by atoms with Crippen LogP contribution in [0.4, 0.5) is 0 Å². The van der Waals surface area contributed by atoms with E-state index in [1.54, 1.807) is 6.07 Å². The van der Waals surface area contributed by atoms with Crippen LogP contribution in [0.2, 0.25) is 0 Å². The van der Waals surface area contributed by atoms with Crippen molar-refractivity contribution in [2.45, 2.75) is 25.8 Å². The normalized spacial score (nSPS) is 17.1.